The van der Waals surface area contributed by atoms with E-state index >= 15 is 0 Å². The Morgan fingerprint density at radius 2 is 2.00 bits per heavy atom. The molecule has 0 aliphatic rings. The number of aromatic nitrogens is 3. The molecule has 0 radical (unpaired) electrons. The highest BCUT2D eigenvalue weighted by molar-refractivity contribution is 5.89. The van der Waals surface area contributed by atoms with Gasteiger partial charge >= 0.3 is 5.97 Å². The summed E-state index contributed by atoms with van der Waals surface area (Å²) in [5, 5.41) is 14.1. The van der Waals surface area contributed by atoms with Crippen LogP contribution in [0.3, 0.4) is 0 Å². The first-order valence-electron chi connectivity index (χ1n) is 7.70. The fraction of sp³-hybridized carbons (Fsp3) is 0.375. The molecule has 1 heterocycles. The summed E-state index contributed by atoms with van der Waals surface area (Å²) in [5.74, 6) is 0.744. The lowest BCUT2D eigenvalue weighted by molar-refractivity contribution is 0.0526. The van der Waals surface area contributed by atoms with Gasteiger partial charge in [-0.15, -0.1) is 5.10 Å². The van der Waals surface area contributed by atoms with E-state index in [1.165, 1.54) is 0 Å². The summed E-state index contributed by atoms with van der Waals surface area (Å²) in [6, 6.07) is 6.92. The molecule has 2 rings (SSSR count). The Morgan fingerprint density at radius 3 is 2.70 bits per heavy atom. The summed E-state index contributed by atoms with van der Waals surface area (Å²) in [5.41, 5.74) is 1.27. The van der Waals surface area contributed by atoms with Crippen molar-refractivity contribution in [1.29, 1.82) is 0 Å². The molecule has 7 heteroatoms. The average Bonchev–Trinajstić information content (AvgIpc) is 2.56. The lowest BCUT2D eigenvalue weighted by Gasteiger charge is -2.08. The zero-order chi connectivity index (χ0) is 16.5. The summed E-state index contributed by atoms with van der Waals surface area (Å²) < 4.78 is 4.95. The molecule has 0 saturated heterocycles. The molecule has 2 aromatic rings. The maximum absolute atomic E-state index is 11.6. The molecule has 0 unspecified atom stereocenters. The lowest BCUT2D eigenvalue weighted by Crippen LogP contribution is -2.07. The molecule has 1 aromatic carbocycles. The molecule has 0 saturated carbocycles. The number of esters is 1. The summed E-state index contributed by atoms with van der Waals surface area (Å²) >= 11 is 0. The van der Waals surface area contributed by atoms with Crippen LogP contribution < -0.4 is 10.6 Å². The maximum Gasteiger partial charge on any atom is 0.338 e. The van der Waals surface area contributed by atoms with Gasteiger partial charge in [0.2, 0.25) is 5.95 Å². The second kappa shape index (κ2) is 8.67. The van der Waals surface area contributed by atoms with Gasteiger partial charge in [0.05, 0.1) is 18.4 Å². The third-order valence-corrected chi connectivity index (χ3v) is 3.05. The Morgan fingerprint density at radius 1 is 1.22 bits per heavy atom. The van der Waals surface area contributed by atoms with Gasteiger partial charge < -0.3 is 15.4 Å². The van der Waals surface area contributed by atoms with Crippen molar-refractivity contribution in [2.24, 2.45) is 0 Å². The molecule has 2 N–H and O–H groups in total. The molecule has 1 aromatic heterocycles. The van der Waals surface area contributed by atoms with Crippen molar-refractivity contribution in [3.63, 3.8) is 0 Å². The van der Waals surface area contributed by atoms with Crippen LogP contribution in [0, 0.1) is 0 Å². The van der Waals surface area contributed by atoms with Gasteiger partial charge in [-0.1, -0.05) is 13.3 Å². The van der Waals surface area contributed by atoms with Crippen molar-refractivity contribution in [1.82, 2.24) is 15.2 Å². The molecule has 122 valence electrons. The van der Waals surface area contributed by atoms with Crippen molar-refractivity contribution >= 4 is 23.4 Å². The van der Waals surface area contributed by atoms with E-state index in [2.05, 4.69) is 32.7 Å². The molecule has 0 fully saturated rings. The third-order valence-electron chi connectivity index (χ3n) is 3.05. The summed E-state index contributed by atoms with van der Waals surface area (Å²) in [7, 11) is 0. The van der Waals surface area contributed by atoms with Crippen LogP contribution in [0.15, 0.2) is 30.5 Å². The van der Waals surface area contributed by atoms with E-state index in [0.29, 0.717) is 23.9 Å². The zero-order valence-corrected chi connectivity index (χ0v) is 13.4. The van der Waals surface area contributed by atoms with Crippen LogP contribution in [0.4, 0.5) is 17.5 Å². The lowest BCUT2D eigenvalue weighted by atomic mass is 10.2. The van der Waals surface area contributed by atoms with Gasteiger partial charge in [-0.25, -0.2) is 4.79 Å². The van der Waals surface area contributed by atoms with E-state index in [9.17, 15) is 4.79 Å². The first-order chi connectivity index (χ1) is 11.2. The van der Waals surface area contributed by atoms with E-state index in [1.54, 1.807) is 37.4 Å². The molecule has 23 heavy (non-hydrogen) atoms. The first-order valence-corrected chi connectivity index (χ1v) is 7.70. The zero-order valence-electron chi connectivity index (χ0n) is 13.4. The standard InChI is InChI=1S/C16H21N5O2/c1-3-5-10-17-14-11-18-21-16(20-14)19-13-8-6-12(7-9-13)15(22)23-4-2/h6-9,11H,3-5,10H2,1-2H3,(H2,17,19,20,21). The van der Waals surface area contributed by atoms with Crippen molar-refractivity contribution in [2.75, 3.05) is 23.8 Å². The fourth-order valence-electron chi connectivity index (χ4n) is 1.87. The van der Waals surface area contributed by atoms with Gasteiger partial charge in [0, 0.05) is 12.2 Å². The Bertz CT molecular complexity index is 631. The van der Waals surface area contributed by atoms with Crippen LogP contribution in [0.2, 0.25) is 0 Å². The Labute approximate surface area is 135 Å². The number of benzene rings is 1. The van der Waals surface area contributed by atoms with Gasteiger partial charge in [-0.05, 0) is 37.6 Å². The number of carbonyl (C=O) groups is 1. The van der Waals surface area contributed by atoms with E-state index < -0.39 is 0 Å². The molecule has 0 aliphatic carbocycles. The van der Waals surface area contributed by atoms with E-state index in [0.717, 1.165) is 25.1 Å². The number of nitrogens with one attached hydrogen (secondary N) is 2. The predicted molar refractivity (Wildman–Crippen MR) is 88.9 cm³/mol. The summed E-state index contributed by atoms with van der Waals surface area (Å²) in [4.78, 5) is 15.9. The highest BCUT2D eigenvalue weighted by Crippen LogP contribution is 2.15. The van der Waals surface area contributed by atoms with Gasteiger partial charge in [0.1, 0.15) is 0 Å². The molecule has 0 spiro atoms. The molecule has 0 atom stereocenters. The molecular formula is C16H21N5O2. The predicted octanol–water partition coefficient (Wildman–Crippen LogP) is 3.00. The fourth-order valence-corrected chi connectivity index (χ4v) is 1.87. The first kappa shape index (κ1) is 16.7. The van der Waals surface area contributed by atoms with Crippen LogP contribution in [-0.2, 0) is 4.74 Å². The Hall–Kier alpha value is -2.70. The van der Waals surface area contributed by atoms with Crippen molar-refractivity contribution in [2.45, 2.75) is 26.7 Å². The minimum atomic E-state index is -0.334. The second-order valence-corrected chi connectivity index (χ2v) is 4.87. The van der Waals surface area contributed by atoms with E-state index in [4.69, 9.17) is 4.74 Å². The quantitative estimate of drug-likeness (QED) is 0.571. The van der Waals surface area contributed by atoms with E-state index in [1.807, 2.05) is 0 Å². The topological polar surface area (TPSA) is 89.0 Å². The molecule has 7 nitrogen and oxygen atoms in total. The number of hydrogen-bond donors (Lipinski definition) is 2. The SMILES string of the molecule is CCCCNc1cnnc(Nc2ccc(C(=O)OCC)cc2)n1. The number of unbranched alkanes of at least 4 members (excludes halogenated alkanes) is 1. The monoisotopic (exact) mass is 315 g/mol. The second-order valence-electron chi connectivity index (χ2n) is 4.87. The molecule has 0 aliphatic heterocycles. The van der Waals surface area contributed by atoms with Crippen LogP contribution in [0.1, 0.15) is 37.0 Å². The van der Waals surface area contributed by atoms with Gasteiger partial charge in [-0.3, -0.25) is 0 Å². The van der Waals surface area contributed by atoms with Crippen LogP contribution >= 0.6 is 0 Å². The van der Waals surface area contributed by atoms with Gasteiger partial charge in [0.25, 0.3) is 0 Å². The van der Waals surface area contributed by atoms with Crippen molar-refractivity contribution in [3.8, 4) is 0 Å². The summed E-state index contributed by atoms with van der Waals surface area (Å²) in [6.07, 6.45) is 3.77. The number of hydrogen-bond acceptors (Lipinski definition) is 7. The Balaban J connectivity index is 1.98. The van der Waals surface area contributed by atoms with Crippen LogP contribution in [0.25, 0.3) is 0 Å². The van der Waals surface area contributed by atoms with Gasteiger partial charge in [-0.2, -0.15) is 10.1 Å². The molecular weight excluding hydrogens is 294 g/mol. The number of rotatable bonds is 8. The van der Waals surface area contributed by atoms with Crippen LogP contribution in [-0.4, -0.2) is 34.3 Å². The smallest absolute Gasteiger partial charge is 0.338 e. The minimum Gasteiger partial charge on any atom is -0.462 e. The number of carbonyl (C=O) groups excluding carboxylic acids is 1. The largest absolute Gasteiger partial charge is 0.462 e. The normalized spacial score (nSPS) is 10.2. The highest BCUT2D eigenvalue weighted by Gasteiger charge is 2.06. The third kappa shape index (κ3) is 5.21. The molecule has 0 amide bonds. The van der Waals surface area contributed by atoms with E-state index in [-0.39, 0.29) is 5.97 Å². The minimum absolute atomic E-state index is 0.334. The average molecular weight is 315 g/mol. The number of nitrogens with zero attached hydrogens (tertiary/aromatic N) is 3. The number of ether oxygens (including phenoxy) is 1. The Kier molecular flexibility index (Phi) is 6.28. The highest BCUT2D eigenvalue weighted by atomic mass is 16.5. The molecule has 0 bridgehead atoms. The number of anilines is 3. The van der Waals surface area contributed by atoms with Crippen molar-refractivity contribution < 1.29 is 9.53 Å². The van der Waals surface area contributed by atoms with Gasteiger partial charge in [0.15, 0.2) is 5.82 Å². The summed E-state index contributed by atoms with van der Waals surface area (Å²) in [6.45, 7) is 5.12. The van der Waals surface area contributed by atoms with Crippen LogP contribution in [0.5, 0.6) is 0 Å². The van der Waals surface area contributed by atoms with Crippen molar-refractivity contribution in [3.05, 3.63) is 36.0 Å². The maximum atomic E-state index is 11.6.